The normalized spacial score (nSPS) is 15.9. The highest BCUT2D eigenvalue weighted by Gasteiger charge is 2.31. The number of amides is 1. The van der Waals surface area contributed by atoms with E-state index in [9.17, 15) is 14.4 Å². The topological polar surface area (TPSA) is 95.9 Å². The van der Waals surface area contributed by atoms with Crippen LogP contribution in [0.5, 0.6) is 0 Å². The van der Waals surface area contributed by atoms with Crippen molar-refractivity contribution >= 4 is 17.7 Å². The predicted molar refractivity (Wildman–Crippen MR) is 106 cm³/mol. The van der Waals surface area contributed by atoms with Crippen LogP contribution in [0.3, 0.4) is 0 Å². The van der Waals surface area contributed by atoms with Crippen LogP contribution in [-0.2, 0) is 4.74 Å². The molecular weight excluding hydrogens is 374 g/mol. The first-order chi connectivity index (χ1) is 13.8. The smallest absolute Gasteiger partial charge is 0.340 e. The summed E-state index contributed by atoms with van der Waals surface area (Å²) in [5.74, 6) is -0.308. The van der Waals surface area contributed by atoms with Crippen molar-refractivity contribution in [2.75, 3.05) is 32.8 Å². The Bertz CT molecular complexity index is 892. The van der Waals surface area contributed by atoms with Gasteiger partial charge in [-0.05, 0) is 45.4 Å². The van der Waals surface area contributed by atoms with Crippen LogP contribution >= 0.6 is 0 Å². The Labute approximate surface area is 169 Å². The van der Waals surface area contributed by atoms with Crippen LogP contribution in [-0.4, -0.2) is 71.3 Å². The van der Waals surface area contributed by atoms with Gasteiger partial charge in [-0.3, -0.25) is 14.5 Å². The average molecular weight is 401 g/mol. The van der Waals surface area contributed by atoms with Crippen molar-refractivity contribution < 1.29 is 23.5 Å². The van der Waals surface area contributed by atoms with Gasteiger partial charge in [-0.15, -0.1) is 0 Å². The van der Waals surface area contributed by atoms with E-state index in [4.69, 9.17) is 9.15 Å². The van der Waals surface area contributed by atoms with Gasteiger partial charge in [0.05, 0.1) is 30.2 Å². The summed E-state index contributed by atoms with van der Waals surface area (Å²) in [6, 6.07) is 2.97. The summed E-state index contributed by atoms with van der Waals surface area (Å²) in [5, 5.41) is 0. The number of piperazine rings is 1. The molecule has 156 valence electrons. The van der Waals surface area contributed by atoms with Crippen LogP contribution in [0.2, 0.25) is 0 Å². The molecular formula is C21H27N3O5. The van der Waals surface area contributed by atoms with E-state index in [0.29, 0.717) is 54.5 Å². The minimum absolute atomic E-state index is 0.0769. The van der Waals surface area contributed by atoms with Gasteiger partial charge >= 0.3 is 5.97 Å². The molecule has 29 heavy (non-hydrogen) atoms. The first-order valence-electron chi connectivity index (χ1n) is 9.82. The lowest BCUT2D eigenvalue weighted by molar-refractivity contribution is 0.0519. The standard InChI is InChI=1S/C21H27N3O5/c1-5-28-21(27)17-13(2)18(22-14(17)3)19(25)15(4)23-8-10-24(11-9-23)20(26)16-7-6-12-29-16/h6-7,12,15,22H,5,8-11H2,1-4H3. The molecule has 8 heteroatoms. The number of rotatable bonds is 6. The van der Waals surface area contributed by atoms with Crippen molar-refractivity contribution in [1.29, 1.82) is 0 Å². The third-order valence-electron chi connectivity index (χ3n) is 5.42. The highest BCUT2D eigenvalue weighted by Crippen LogP contribution is 2.22. The molecule has 0 spiro atoms. The highest BCUT2D eigenvalue weighted by atomic mass is 16.5. The number of H-pyrrole nitrogens is 1. The fraction of sp³-hybridized carbons (Fsp3) is 0.476. The number of nitrogens with one attached hydrogen (secondary N) is 1. The van der Waals surface area contributed by atoms with Gasteiger partial charge in [0.15, 0.2) is 11.5 Å². The lowest BCUT2D eigenvalue weighted by Crippen LogP contribution is -2.53. The number of Topliss-reactive ketones (excluding diaryl/α,β-unsaturated/α-hetero) is 1. The van der Waals surface area contributed by atoms with Crippen LogP contribution < -0.4 is 0 Å². The lowest BCUT2D eigenvalue weighted by Gasteiger charge is -2.37. The van der Waals surface area contributed by atoms with Gasteiger partial charge in [0.2, 0.25) is 0 Å². The largest absolute Gasteiger partial charge is 0.462 e. The summed E-state index contributed by atoms with van der Waals surface area (Å²) in [4.78, 5) is 44.5. The first-order valence-corrected chi connectivity index (χ1v) is 9.82. The lowest BCUT2D eigenvalue weighted by atomic mass is 10.0. The molecule has 1 aliphatic rings. The monoisotopic (exact) mass is 401 g/mol. The molecule has 1 N–H and O–H groups in total. The van der Waals surface area contributed by atoms with E-state index >= 15 is 0 Å². The second kappa shape index (κ2) is 8.65. The molecule has 2 aromatic heterocycles. The maximum Gasteiger partial charge on any atom is 0.340 e. The molecule has 1 aliphatic heterocycles. The molecule has 0 saturated carbocycles. The Morgan fingerprint density at radius 3 is 2.48 bits per heavy atom. The Balaban J connectivity index is 1.66. The third-order valence-corrected chi connectivity index (χ3v) is 5.42. The zero-order valence-corrected chi connectivity index (χ0v) is 17.3. The van der Waals surface area contributed by atoms with Gasteiger partial charge in [0, 0.05) is 31.9 Å². The number of aromatic amines is 1. The van der Waals surface area contributed by atoms with Gasteiger partial charge < -0.3 is 19.0 Å². The molecule has 0 radical (unpaired) electrons. The zero-order chi connectivity index (χ0) is 21.1. The van der Waals surface area contributed by atoms with E-state index in [1.54, 1.807) is 37.8 Å². The summed E-state index contributed by atoms with van der Waals surface area (Å²) < 4.78 is 10.3. The number of hydrogen-bond acceptors (Lipinski definition) is 6. The molecule has 1 unspecified atom stereocenters. The Morgan fingerprint density at radius 2 is 1.90 bits per heavy atom. The number of carbonyl (C=O) groups excluding carboxylic acids is 3. The van der Waals surface area contributed by atoms with Gasteiger partial charge in [-0.1, -0.05) is 0 Å². The SMILES string of the molecule is CCOC(=O)c1c(C)[nH]c(C(=O)C(C)N2CCN(C(=O)c3ccco3)CC2)c1C. The molecule has 1 saturated heterocycles. The van der Waals surface area contributed by atoms with Gasteiger partial charge in [-0.25, -0.2) is 4.79 Å². The Hall–Kier alpha value is -2.87. The quantitative estimate of drug-likeness (QED) is 0.590. The minimum atomic E-state index is -0.421. The van der Waals surface area contributed by atoms with Gasteiger partial charge in [0.25, 0.3) is 5.91 Å². The number of hydrogen-bond donors (Lipinski definition) is 1. The number of ketones is 1. The molecule has 0 aliphatic carbocycles. The maximum atomic E-state index is 13.1. The number of furan rings is 1. The van der Waals surface area contributed by atoms with Gasteiger partial charge in [-0.2, -0.15) is 0 Å². The minimum Gasteiger partial charge on any atom is -0.462 e. The number of ether oxygens (including phenoxy) is 1. The molecule has 2 aromatic rings. The Morgan fingerprint density at radius 1 is 1.21 bits per heavy atom. The van der Waals surface area contributed by atoms with Crippen LogP contribution in [0.15, 0.2) is 22.8 Å². The number of nitrogens with zero attached hydrogens (tertiary/aromatic N) is 2. The molecule has 1 atom stereocenters. The van der Waals surface area contributed by atoms with E-state index in [2.05, 4.69) is 4.98 Å². The van der Waals surface area contributed by atoms with E-state index in [1.807, 2.05) is 11.8 Å². The number of aromatic nitrogens is 1. The van der Waals surface area contributed by atoms with Crippen molar-refractivity contribution in [2.24, 2.45) is 0 Å². The second-order valence-electron chi connectivity index (χ2n) is 7.19. The molecule has 0 bridgehead atoms. The average Bonchev–Trinajstić information content (AvgIpc) is 3.35. The van der Waals surface area contributed by atoms with Crippen LogP contribution in [0, 0.1) is 13.8 Å². The number of carbonyl (C=O) groups is 3. The fourth-order valence-electron chi connectivity index (χ4n) is 3.75. The molecule has 8 nitrogen and oxygen atoms in total. The maximum absolute atomic E-state index is 13.1. The van der Waals surface area contributed by atoms with Crippen molar-refractivity contribution in [1.82, 2.24) is 14.8 Å². The Kier molecular flexibility index (Phi) is 6.22. The molecule has 0 aromatic carbocycles. The van der Waals surface area contributed by atoms with E-state index in [0.717, 1.165) is 0 Å². The van der Waals surface area contributed by atoms with Crippen molar-refractivity contribution in [2.45, 2.75) is 33.7 Å². The summed E-state index contributed by atoms with van der Waals surface area (Å²) in [5.41, 5.74) is 2.11. The summed E-state index contributed by atoms with van der Waals surface area (Å²) >= 11 is 0. The molecule has 1 amide bonds. The van der Waals surface area contributed by atoms with Crippen molar-refractivity contribution in [3.8, 4) is 0 Å². The number of aryl methyl sites for hydroxylation is 1. The molecule has 3 heterocycles. The number of esters is 1. The highest BCUT2D eigenvalue weighted by molar-refractivity contribution is 6.03. The first kappa shape index (κ1) is 20.9. The summed E-state index contributed by atoms with van der Waals surface area (Å²) in [7, 11) is 0. The summed E-state index contributed by atoms with van der Waals surface area (Å²) in [6.45, 7) is 9.62. The van der Waals surface area contributed by atoms with Crippen molar-refractivity contribution in [3.63, 3.8) is 0 Å². The van der Waals surface area contributed by atoms with Crippen LogP contribution in [0.4, 0.5) is 0 Å². The van der Waals surface area contributed by atoms with E-state index in [-0.39, 0.29) is 24.3 Å². The van der Waals surface area contributed by atoms with Gasteiger partial charge in [0.1, 0.15) is 0 Å². The van der Waals surface area contributed by atoms with Crippen LogP contribution in [0.1, 0.15) is 56.5 Å². The van der Waals surface area contributed by atoms with Crippen molar-refractivity contribution in [3.05, 3.63) is 46.7 Å². The van der Waals surface area contributed by atoms with E-state index in [1.165, 1.54) is 6.26 Å². The van der Waals surface area contributed by atoms with E-state index < -0.39 is 5.97 Å². The second-order valence-corrected chi connectivity index (χ2v) is 7.19. The molecule has 1 fully saturated rings. The predicted octanol–water partition coefficient (Wildman–Crippen LogP) is 2.43. The zero-order valence-electron chi connectivity index (χ0n) is 17.3. The fourth-order valence-corrected chi connectivity index (χ4v) is 3.75. The molecule has 3 rings (SSSR count). The summed E-state index contributed by atoms with van der Waals surface area (Å²) in [6.07, 6.45) is 1.48. The third kappa shape index (κ3) is 4.12. The van der Waals surface area contributed by atoms with Crippen LogP contribution in [0.25, 0.3) is 0 Å².